The fourth-order valence-electron chi connectivity index (χ4n) is 4.48. The predicted molar refractivity (Wildman–Crippen MR) is 85.7 cm³/mol. The van der Waals surface area contributed by atoms with Crippen molar-refractivity contribution in [1.82, 2.24) is 4.90 Å². The van der Waals surface area contributed by atoms with E-state index < -0.39 is 0 Å². The number of benzene rings is 1. The molecule has 0 radical (unpaired) electrons. The van der Waals surface area contributed by atoms with Gasteiger partial charge in [0.25, 0.3) is 0 Å². The van der Waals surface area contributed by atoms with Gasteiger partial charge in [-0.15, -0.1) is 0 Å². The fourth-order valence-corrected chi connectivity index (χ4v) is 4.48. The third kappa shape index (κ3) is 2.75. The molecule has 0 unspecified atom stereocenters. The Hall–Kier alpha value is -1.84. The van der Waals surface area contributed by atoms with Gasteiger partial charge >= 0.3 is 5.97 Å². The minimum absolute atomic E-state index is 0.0141. The van der Waals surface area contributed by atoms with Crippen LogP contribution in [0, 0.1) is 11.3 Å². The summed E-state index contributed by atoms with van der Waals surface area (Å²) < 4.78 is 5.08. The van der Waals surface area contributed by atoms with E-state index in [0.29, 0.717) is 24.9 Å². The molecule has 122 valence electrons. The Morgan fingerprint density at radius 1 is 1.13 bits per heavy atom. The summed E-state index contributed by atoms with van der Waals surface area (Å²) >= 11 is 0. The maximum Gasteiger partial charge on any atom is 0.306 e. The van der Waals surface area contributed by atoms with Crippen molar-refractivity contribution in [2.24, 2.45) is 11.3 Å². The van der Waals surface area contributed by atoms with Crippen LogP contribution in [0.1, 0.15) is 43.6 Å². The number of likely N-dealkylation sites (tertiary alicyclic amines) is 1. The number of hydrogen-bond donors (Lipinski definition) is 0. The molecule has 3 aliphatic rings. The maximum atomic E-state index is 12.6. The van der Waals surface area contributed by atoms with Crippen LogP contribution in [0.15, 0.2) is 30.3 Å². The molecule has 4 heteroatoms. The first-order valence-corrected chi connectivity index (χ1v) is 8.65. The van der Waals surface area contributed by atoms with E-state index in [-0.39, 0.29) is 17.3 Å². The summed E-state index contributed by atoms with van der Waals surface area (Å²) in [5.74, 6) is 0.882. The molecule has 2 heterocycles. The molecule has 1 aromatic carbocycles. The van der Waals surface area contributed by atoms with Crippen LogP contribution in [0.25, 0.3) is 0 Å². The number of rotatable bonds is 2. The molecule has 0 bridgehead atoms. The van der Waals surface area contributed by atoms with E-state index in [1.54, 1.807) is 0 Å². The molecule has 4 rings (SSSR count). The summed E-state index contributed by atoms with van der Waals surface area (Å²) in [5.41, 5.74) is 1.38. The number of hydrogen-bond acceptors (Lipinski definition) is 3. The number of amides is 1. The zero-order valence-corrected chi connectivity index (χ0v) is 13.4. The number of cyclic esters (lactones) is 1. The Morgan fingerprint density at radius 2 is 1.83 bits per heavy atom. The Kier molecular flexibility index (Phi) is 3.63. The second-order valence-electron chi connectivity index (χ2n) is 7.45. The third-order valence-corrected chi connectivity index (χ3v) is 5.84. The zero-order valence-electron chi connectivity index (χ0n) is 13.4. The summed E-state index contributed by atoms with van der Waals surface area (Å²) in [4.78, 5) is 26.0. The van der Waals surface area contributed by atoms with Crippen LogP contribution in [-0.4, -0.2) is 36.5 Å². The molecule has 1 aromatic rings. The number of carbonyl (C=O) groups is 2. The summed E-state index contributed by atoms with van der Waals surface area (Å²) in [6, 6.07) is 10.6. The molecular formula is C19H23NO3. The fraction of sp³-hybridized carbons (Fsp3) is 0.579. The summed E-state index contributed by atoms with van der Waals surface area (Å²) in [6.45, 7) is 2.24. The van der Waals surface area contributed by atoms with Crippen molar-refractivity contribution < 1.29 is 14.3 Å². The third-order valence-electron chi connectivity index (χ3n) is 5.84. The second kappa shape index (κ2) is 5.66. The van der Waals surface area contributed by atoms with Crippen molar-refractivity contribution in [3.63, 3.8) is 0 Å². The molecule has 0 atom stereocenters. The van der Waals surface area contributed by atoms with Gasteiger partial charge in [0.15, 0.2) is 0 Å². The molecule has 1 saturated carbocycles. The van der Waals surface area contributed by atoms with Gasteiger partial charge in [0.2, 0.25) is 5.91 Å². The lowest BCUT2D eigenvalue weighted by Gasteiger charge is -2.45. The zero-order chi connectivity index (χ0) is 15.9. The number of piperidine rings is 1. The van der Waals surface area contributed by atoms with Crippen LogP contribution < -0.4 is 0 Å². The smallest absolute Gasteiger partial charge is 0.306 e. The molecule has 23 heavy (non-hydrogen) atoms. The van der Waals surface area contributed by atoms with Gasteiger partial charge in [-0.3, -0.25) is 9.59 Å². The van der Waals surface area contributed by atoms with Gasteiger partial charge in [0.05, 0.1) is 13.0 Å². The Morgan fingerprint density at radius 3 is 2.43 bits per heavy atom. The standard InChI is InChI=1S/C19H23NO3/c21-17-12-19(13-23-17)10-16(11-19)18(22)20-8-6-15(7-9-20)14-4-2-1-3-5-14/h1-5,15-16H,6-13H2. The van der Waals surface area contributed by atoms with Crippen LogP contribution in [-0.2, 0) is 14.3 Å². The highest BCUT2D eigenvalue weighted by Gasteiger charge is 2.53. The summed E-state index contributed by atoms with van der Waals surface area (Å²) in [7, 11) is 0. The minimum atomic E-state index is -0.0976. The van der Waals surface area contributed by atoms with Crippen LogP contribution in [0.5, 0.6) is 0 Å². The highest BCUT2D eigenvalue weighted by Crippen LogP contribution is 2.52. The van der Waals surface area contributed by atoms with Crippen molar-refractivity contribution in [2.45, 2.75) is 38.0 Å². The lowest BCUT2D eigenvalue weighted by Crippen LogP contribution is -2.49. The SMILES string of the molecule is O=C1CC2(CO1)CC(C(=O)N1CCC(c3ccccc3)CC1)C2. The first-order valence-electron chi connectivity index (χ1n) is 8.65. The molecule has 0 N–H and O–H groups in total. The highest BCUT2D eigenvalue weighted by atomic mass is 16.5. The van der Waals surface area contributed by atoms with Crippen LogP contribution >= 0.6 is 0 Å². The highest BCUT2D eigenvalue weighted by molar-refractivity contribution is 5.81. The Balaban J connectivity index is 1.29. The van der Waals surface area contributed by atoms with Crippen molar-refractivity contribution in [3.05, 3.63) is 35.9 Å². The molecule has 0 aromatic heterocycles. The van der Waals surface area contributed by atoms with Crippen LogP contribution in [0.4, 0.5) is 0 Å². The van der Waals surface area contributed by atoms with Gasteiger partial charge in [-0.25, -0.2) is 0 Å². The molecule has 1 spiro atoms. The van der Waals surface area contributed by atoms with E-state index in [1.807, 2.05) is 11.0 Å². The normalized spacial score (nSPS) is 31.0. The van der Waals surface area contributed by atoms with Crippen LogP contribution in [0.3, 0.4) is 0 Å². The van der Waals surface area contributed by atoms with E-state index in [2.05, 4.69) is 24.3 Å². The van der Waals surface area contributed by atoms with Gasteiger partial charge in [-0.2, -0.15) is 0 Å². The minimum Gasteiger partial charge on any atom is -0.465 e. The monoisotopic (exact) mass is 313 g/mol. The van der Waals surface area contributed by atoms with Gasteiger partial charge in [-0.05, 0) is 37.2 Å². The number of ether oxygens (including phenoxy) is 1. The van der Waals surface area contributed by atoms with E-state index in [0.717, 1.165) is 38.8 Å². The van der Waals surface area contributed by atoms with Crippen LogP contribution in [0.2, 0.25) is 0 Å². The van der Waals surface area contributed by atoms with Gasteiger partial charge in [-0.1, -0.05) is 30.3 Å². The molecule has 3 fully saturated rings. The molecule has 1 amide bonds. The van der Waals surface area contributed by atoms with E-state index in [1.165, 1.54) is 5.56 Å². The molecule has 1 aliphatic carbocycles. The Bertz CT molecular complexity index is 598. The van der Waals surface area contributed by atoms with Gasteiger partial charge < -0.3 is 9.64 Å². The molecule has 4 nitrogen and oxygen atoms in total. The lowest BCUT2D eigenvalue weighted by molar-refractivity contribution is -0.144. The van der Waals surface area contributed by atoms with E-state index in [9.17, 15) is 9.59 Å². The van der Waals surface area contributed by atoms with E-state index >= 15 is 0 Å². The number of carbonyl (C=O) groups excluding carboxylic acids is 2. The molecular weight excluding hydrogens is 290 g/mol. The lowest BCUT2D eigenvalue weighted by atomic mass is 9.61. The maximum absolute atomic E-state index is 12.6. The topological polar surface area (TPSA) is 46.6 Å². The van der Waals surface area contributed by atoms with Crippen molar-refractivity contribution >= 4 is 11.9 Å². The average Bonchev–Trinajstić information content (AvgIpc) is 2.96. The number of nitrogens with zero attached hydrogens (tertiary/aromatic N) is 1. The Labute approximate surface area is 136 Å². The van der Waals surface area contributed by atoms with E-state index in [4.69, 9.17) is 4.74 Å². The quantitative estimate of drug-likeness (QED) is 0.789. The van der Waals surface area contributed by atoms with Crippen molar-refractivity contribution in [3.8, 4) is 0 Å². The first-order chi connectivity index (χ1) is 11.2. The van der Waals surface area contributed by atoms with Crippen molar-refractivity contribution in [1.29, 1.82) is 0 Å². The summed E-state index contributed by atoms with van der Waals surface area (Å²) in [5, 5.41) is 0. The summed E-state index contributed by atoms with van der Waals surface area (Å²) in [6.07, 6.45) is 4.27. The molecule has 2 saturated heterocycles. The van der Waals surface area contributed by atoms with Gasteiger partial charge in [0.1, 0.15) is 0 Å². The largest absolute Gasteiger partial charge is 0.465 e. The average molecular weight is 313 g/mol. The number of esters is 1. The second-order valence-corrected chi connectivity index (χ2v) is 7.45. The first kappa shape index (κ1) is 14.7. The molecule has 2 aliphatic heterocycles. The predicted octanol–water partition coefficient (Wildman–Crippen LogP) is 2.74. The van der Waals surface area contributed by atoms with Gasteiger partial charge in [0, 0.05) is 24.4 Å². The van der Waals surface area contributed by atoms with Crippen molar-refractivity contribution in [2.75, 3.05) is 19.7 Å².